The summed E-state index contributed by atoms with van der Waals surface area (Å²) in [6.07, 6.45) is 6.73. The number of benzene rings is 1. The molecule has 130 valence electrons. The van der Waals surface area contributed by atoms with E-state index in [1.165, 1.54) is 0 Å². The molecule has 0 aliphatic heterocycles. The number of anilines is 3. The summed E-state index contributed by atoms with van der Waals surface area (Å²) in [5.74, 6) is 0.429. The second kappa shape index (κ2) is 8.17. The lowest BCUT2D eigenvalue weighted by Gasteiger charge is -2.17. The quantitative estimate of drug-likeness (QED) is 0.774. The van der Waals surface area contributed by atoms with E-state index in [2.05, 4.69) is 15.7 Å². The predicted octanol–water partition coefficient (Wildman–Crippen LogP) is 2.90. The van der Waals surface area contributed by atoms with Crippen LogP contribution < -0.4 is 16.4 Å². The number of amides is 1. The predicted molar refractivity (Wildman–Crippen MR) is 98.7 cm³/mol. The van der Waals surface area contributed by atoms with Gasteiger partial charge in [0.15, 0.2) is 0 Å². The van der Waals surface area contributed by atoms with Crippen LogP contribution in [0.25, 0.3) is 0 Å². The highest BCUT2D eigenvalue weighted by molar-refractivity contribution is 5.93. The van der Waals surface area contributed by atoms with Crippen LogP contribution in [0.4, 0.5) is 17.1 Å². The van der Waals surface area contributed by atoms with Gasteiger partial charge in [-0.3, -0.25) is 9.48 Å². The highest BCUT2D eigenvalue weighted by Gasteiger charge is 2.31. The van der Waals surface area contributed by atoms with E-state index in [0.29, 0.717) is 12.5 Å². The monoisotopic (exact) mass is 349 g/mol. The molecule has 2 aromatic rings. The SMILES string of the molecule is Cl.Cn1cc(Nc2cccc(NC(=O)[C@@H]3CCC[C@@H]3CN)c2)cn1. The smallest absolute Gasteiger partial charge is 0.227 e. The molecule has 1 heterocycles. The number of rotatable bonds is 5. The molecule has 1 aromatic carbocycles. The fourth-order valence-electron chi connectivity index (χ4n) is 3.23. The summed E-state index contributed by atoms with van der Waals surface area (Å²) in [6, 6.07) is 7.71. The first-order chi connectivity index (χ1) is 11.2. The van der Waals surface area contributed by atoms with Crippen LogP contribution in [0.5, 0.6) is 0 Å². The van der Waals surface area contributed by atoms with Gasteiger partial charge in [0, 0.05) is 30.5 Å². The highest BCUT2D eigenvalue weighted by atomic mass is 35.5. The van der Waals surface area contributed by atoms with Crippen LogP contribution in [0.2, 0.25) is 0 Å². The normalized spacial score (nSPS) is 19.6. The van der Waals surface area contributed by atoms with Crippen molar-refractivity contribution in [3.05, 3.63) is 36.7 Å². The zero-order valence-electron chi connectivity index (χ0n) is 13.7. The van der Waals surface area contributed by atoms with Crippen molar-refractivity contribution < 1.29 is 4.79 Å². The fraction of sp³-hybridized carbons (Fsp3) is 0.412. The van der Waals surface area contributed by atoms with E-state index in [4.69, 9.17) is 5.73 Å². The zero-order chi connectivity index (χ0) is 16.2. The molecule has 1 fully saturated rings. The Hall–Kier alpha value is -2.05. The summed E-state index contributed by atoms with van der Waals surface area (Å²) < 4.78 is 1.74. The Labute approximate surface area is 148 Å². The second-order valence-electron chi connectivity index (χ2n) is 6.13. The Morgan fingerprint density at radius 3 is 2.83 bits per heavy atom. The Bertz CT molecular complexity index is 687. The van der Waals surface area contributed by atoms with E-state index in [1.807, 2.05) is 37.5 Å². The number of aryl methyl sites for hydroxylation is 1. The second-order valence-corrected chi connectivity index (χ2v) is 6.13. The summed E-state index contributed by atoms with van der Waals surface area (Å²) in [5.41, 5.74) is 8.39. The van der Waals surface area contributed by atoms with Crippen LogP contribution in [0.15, 0.2) is 36.7 Å². The average molecular weight is 350 g/mol. The minimum absolute atomic E-state index is 0. The third-order valence-corrected chi connectivity index (χ3v) is 4.42. The van der Waals surface area contributed by atoms with Gasteiger partial charge >= 0.3 is 0 Å². The third-order valence-electron chi connectivity index (χ3n) is 4.42. The number of carbonyl (C=O) groups excluding carboxylic acids is 1. The molecule has 4 N–H and O–H groups in total. The number of nitrogens with two attached hydrogens (primary N) is 1. The van der Waals surface area contributed by atoms with Gasteiger partial charge in [-0.15, -0.1) is 12.4 Å². The Balaban J connectivity index is 0.00000208. The molecular weight excluding hydrogens is 326 g/mol. The van der Waals surface area contributed by atoms with E-state index in [1.54, 1.807) is 10.9 Å². The summed E-state index contributed by atoms with van der Waals surface area (Å²) >= 11 is 0. The van der Waals surface area contributed by atoms with Crippen molar-refractivity contribution in [2.75, 3.05) is 17.2 Å². The Morgan fingerprint density at radius 1 is 1.33 bits per heavy atom. The van der Waals surface area contributed by atoms with Gasteiger partial charge in [-0.25, -0.2) is 0 Å². The molecular formula is C17H24ClN5O. The van der Waals surface area contributed by atoms with Gasteiger partial charge < -0.3 is 16.4 Å². The lowest BCUT2D eigenvalue weighted by atomic mass is 9.95. The van der Waals surface area contributed by atoms with Gasteiger partial charge in [0.2, 0.25) is 5.91 Å². The largest absolute Gasteiger partial charge is 0.353 e. The molecule has 2 atom stereocenters. The lowest BCUT2D eigenvalue weighted by molar-refractivity contribution is -0.120. The Morgan fingerprint density at radius 2 is 2.12 bits per heavy atom. The van der Waals surface area contributed by atoms with Crippen LogP contribution in [0.1, 0.15) is 19.3 Å². The van der Waals surface area contributed by atoms with Crippen molar-refractivity contribution in [2.24, 2.45) is 24.6 Å². The van der Waals surface area contributed by atoms with E-state index in [-0.39, 0.29) is 24.2 Å². The van der Waals surface area contributed by atoms with Crippen molar-refractivity contribution in [3.8, 4) is 0 Å². The summed E-state index contributed by atoms with van der Waals surface area (Å²) in [4.78, 5) is 12.5. The zero-order valence-corrected chi connectivity index (χ0v) is 14.6. The number of hydrogen-bond donors (Lipinski definition) is 3. The van der Waals surface area contributed by atoms with Crippen LogP contribution in [0, 0.1) is 11.8 Å². The molecule has 0 unspecified atom stereocenters. The molecule has 0 bridgehead atoms. The molecule has 24 heavy (non-hydrogen) atoms. The molecule has 0 spiro atoms. The van der Waals surface area contributed by atoms with Gasteiger partial charge in [0.25, 0.3) is 0 Å². The molecule has 3 rings (SSSR count). The molecule has 1 saturated carbocycles. The first-order valence-corrected chi connectivity index (χ1v) is 8.02. The summed E-state index contributed by atoms with van der Waals surface area (Å²) in [7, 11) is 1.87. The molecule has 1 aromatic heterocycles. The van der Waals surface area contributed by atoms with Gasteiger partial charge in [0.05, 0.1) is 11.9 Å². The number of hydrogen-bond acceptors (Lipinski definition) is 4. The molecule has 7 heteroatoms. The van der Waals surface area contributed by atoms with Gasteiger partial charge in [-0.2, -0.15) is 5.10 Å². The number of nitrogens with one attached hydrogen (secondary N) is 2. The van der Waals surface area contributed by atoms with Gasteiger partial charge in [0.1, 0.15) is 0 Å². The van der Waals surface area contributed by atoms with Crippen LogP contribution in [-0.4, -0.2) is 22.2 Å². The van der Waals surface area contributed by atoms with E-state index in [9.17, 15) is 4.79 Å². The minimum atomic E-state index is 0. The Kier molecular flexibility index (Phi) is 6.23. The fourth-order valence-corrected chi connectivity index (χ4v) is 3.23. The maximum Gasteiger partial charge on any atom is 0.227 e. The standard InChI is InChI=1S/C17H23N5O.ClH/c1-22-11-15(10-19-22)20-13-5-3-6-14(8-13)21-17(23)16-7-2-4-12(16)9-18;/h3,5-6,8,10-12,16,20H,2,4,7,9,18H2,1H3,(H,21,23);1H/t12-,16-;/m1./s1. The third kappa shape index (κ3) is 4.27. The molecule has 1 aliphatic rings. The van der Waals surface area contributed by atoms with E-state index < -0.39 is 0 Å². The maximum absolute atomic E-state index is 12.5. The number of halogens is 1. The average Bonchev–Trinajstić information content (AvgIpc) is 3.16. The van der Waals surface area contributed by atoms with Crippen LogP contribution >= 0.6 is 12.4 Å². The number of aromatic nitrogens is 2. The van der Waals surface area contributed by atoms with Crippen molar-refractivity contribution in [1.29, 1.82) is 0 Å². The van der Waals surface area contributed by atoms with Crippen molar-refractivity contribution in [1.82, 2.24) is 9.78 Å². The number of carbonyl (C=O) groups is 1. The summed E-state index contributed by atoms with van der Waals surface area (Å²) in [5, 5.41) is 10.4. The summed E-state index contributed by atoms with van der Waals surface area (Å²) in [6.45, 7) is 0.584. The lowest BCUT2D eigenvalue weighted by Crippen LogP contribution is -2.29. The van der Waals surface area contributed by atoms with Crippen LogP contribution in [0.3, 0.4) is 0 Å². The molecule has 0 saturated heterocycles. The van der Waals surface area contributed by atoms with E-state index >= 15 is 0 Å². The maximum atomic E-state index is 12.5. The molecule has 1 aliphatic carbocycles. The topological polar surface area (TPSA) is 85.0 Å². The first-order valence-electron chi connectivity index (χ1n) is 8.02. The van der Waals surface area contributed by atoms with Crippen LogP contribution in [-0.2, 0) is 11.8 Å². The van der Waals surface area contributed by atoms with Crippen molar-refractivity contribution >= 4 is 35.4 Å². The van der Waals surface area contributed by atoms with Crippen molar-refractivity contribution in [3.63, 3.8) is 0 Å². The number of nitrogens with zero attached hydrogens (tertiary/aromatic N) is 2. The van der Waals surface area contributed by atoms with Gasteiger partial charge in [-0.05, 0) is 43.5 Å². The van der Waals surface area contributed by atoms with Gasteiger partial charge in [-0.1, -0.05) is 12.5 Å². The van der Waals surface area contributed by atoms with E-state index in [0.717, 1.165) is 36.3 Å². The molecule has 1 amide bonds. The molecule has 6 nitrogen and oxygen atoms in total. The molecule has 0 radical (unpaired) electrons. The highest BCUT2D eigenvalue weighted by Crippen LogP contribution is 2.32. The minimum Gasteiger partial charge on any atom is -0.353 e. The van der Waals surface area contributed by atoms with Crippen molar-refractivity contribution in [2.45, 2.75) is 19.3 Å². The first kappa shape index (κ1) is 18.3.